The summed E-state index contributed by atoms with van der Waals surface area (Å²) in [5.74, 6) is -0.506. The molecule has 0 bridgehead atoms. The highest BCUT2D eigenvalue weighted by Gasteiger charge is 2.30. The molecule has 0 aliphatic heterocycles. The quantitative estimate of drug-likeness (QED) is 0.637. The van der Waals surface area contributed by atoms with Crippen molar-refractivity contribution in [1.29, 1.82) is 0 Å². The second-order valence-electron chi connectivity index (χ2n) is 2.84. The molecule has 0 atom stereocenters. The SMILES string of the molecule is C=C(/C=C\C(=C)c1cnc[nH]1)OC(F)(F)F. The van der Waals surface area contributed by atoms with Gasteiger partial charge in [0.25, 0.3) is 0 Å². The molecule has 6 heteroatoms. The number of H-pyrrole nitrogens is 1. The molecule has 1 N–H and O–H groups in total. The zero-order valence-electron chi connectivity index (χ0n) is 8.21. The van der Waals surface area contributed by atoms with Gasteiger partial charge in [-0.25, -0.2) is 4.98 Å². The molecule has 0 saturated heterocycles. The molecule has 0 aliphatic rings. The van der Waals surface area contributed by atoms with Gasteiger partial charge >= 0.3 is 6.36 Å². The van der Waals surface area contributed by atoms with E-state index in [1.54, 1.807) is 0 Å². The third kappa shape index (κ3) is 4.04. The molecule has 1 aromatic rings. The third-order valence-corrected chi connectivity index (χ3v) is 1.56. The first-order chi connectivity index (χ1) is 7.38. The topological polar surface area (TPSA) is 37.9 Å². The minimum atomic E-state index is -4.73. The van der Waals surface area contributed by atoms with E-state index in [1.807, 2.05) is 0 Å². The minimum absolute atomic E-state index is 0.476. The van der Waals surface area contributed by atoms with Crippen LogP contribution in [0.3, 0.4) is 0 Å². The predicted molar refractivity (Wildman–Crippen MR) is 53.0 cm³/mol. The number of nitrogens with zero attached hydrogens (tertiary/aromatic N) is 1. The largest absolute Gasteiger partial charge is 0.573 e. The van der Waals surface area contributed by atoms with Crippen LogP contribution in [0.25, 0.3) is 5.57 Å². The van der Waals surface area contributed by atoms with Crippen molar-refractivity contribution < 1.29 is 17.9 Å². The van der Waals surface area contributed by atoms with Gasteiger partial charge in [0.1, 0.15) is 5.76 Å². The molecule has 0 radical (unpaired) electrons. The summed E-state index contributed by atoms with van der Waals surface area (Å²) in [6, 6.07) is 0. The average molecular weight is 230 g/mol. The Kier molecular flexibility index (Phi) is 3.55. The lowest BCUT2D eigenvalue weighted by molar-refractivity contribution is -0.303. The molecule has 0 spiro atoms. The smallest absolute Gasteiger partial charge is 0.406 e. The van der Waals surface area contributed by atoms with E-state index in [-0.39, 0.29) is 0 Å². The zero-order chi connectivity index (χ0) is 12.2. The Hall–Kier alpha value is -1.98. The summed E-state index contributed by atoms with van der Waals surface area (Å²) >= 11 is 0. The zero-order valence-corrected chi connectivity index (χ0v) is 8.21. The third-order valence-electron chi connectivity index (χ3n) is 1.56. The van der Waals surface area contributed by atoms with E-state index in [4.69, 9.17) is 0 Å². The van der Waals surface area contributed by atoms with Gasteiger partial charge in [-0.2, -0.15) is 0 Å². The summed E-state index contributed by atoms with van der Waals surface area (Å²) in [7, 11) is 0. The van der Waals surface area contributed by atoms with Crippen LogP contribution in [0.2, 0.25) is 0 Å². The molecule has 1 aromatic heterocycles. The summed E-state index contributed by atoms with van der Waals surface area (Å²) in [6.45, 7) is 6.73. The second-order valence-corrected chi connectivity index (χ2v) is 2.84. The van der Waals surface area contributed by atoms with Crippen molar-refractivity contribution in [1.82, 2.24) is 9.97 Å². The summed E-state index contributed by atoms with van der Waals surface area (Å²) in [4.78, 5) is 6.50. The van der Waals surface area contributed by atoms with Gasteiger partial charge in [0.05, 0.1) is 18.2 Å². The normalized spacial score (nSPS) is 11.7. The first kappa shape index (κ1) is 12.1. The maximum absolute atomic E-state index is 11.7. The molecule has 16 heavy (non-hydrogen) atoms. The van der Waals surface area contributed by atoms with Gasteiger partial charge in [0.15, 0.2) is 0 Å². The van der Waals surface area contributed by atoms with Crippen LogP contribution in [0.5, 0.6) is 0 Å². The molecule has 1 heterocycles. The minimum Gasteiger partial charge on any atom is -0.406 e. The second kappa shape index (κ2) is 4.69. The molecule has 86 valence electrons. The van der Waals surface area contributed by atoms with E-state index in [1.165, 1.54) is 18.6 Å². The molecular weight excluding hydrogens is 221 g/mol. The fourth-order valence-electron chi connectivity index (χ4n) is 0.897. The van der Waals surface area contributed by atoms with Gasteiger partial charge in [0.2, 0.25) is 0 Å². The summed E-state index contributed by atoms with van der Waals surface area (Å²) in [5.41, 5.74) is 1.08. The first-order valence-corrected chi connectivity index (χ1v) is 4.19. The lowest BCUT2D eigenvalue weighted by Gasteiger charge is -2.07. The Balaban J connectivity index is 2.55. The Morgan fingerprint density at radius 1 is 1.38 bits per heavy atom. The number of aromatic amines is 1. The standard InChI is InChI=1S/C10H9F3N2O/c1-7(9-5-14-6-15-9)3-4-8(2)16-10(11,12)13/h3-6H,1-2H2,(H,14,15)/b4-3-. The molecule has 3 nitrogen and oxygen atoms in total. The van der Waals surface area contributed by atoms with E-state index in [0.29, 0.717) is 11.3 Å². The Bertz CT molecular complexity index is 404. The average Bonchev–Trinajstić information content (AvgIpc) is 2.64. The van der Waals surface area contributed by atoms with Crippen molar-refractivity contribution in [2.45, 2.75) is 6.36 Å². The van der Waals surface area contributed by atoms with E-state index in [0.717, 1.165) is 6.08 Å². The van der Waals surface area contributed by atoms with E-state index >= 15 is 0 Å². The monoisotopic (exact) mass is 230 g/mol. The van der Waals surface area contributed by atoms with Crippen molar-refractivity contribution in [2.24, 2.45) is 0 Å². The molecule has 0 fully saturated rings. The van der Waals surface area contributed by atoms with Crippen LogP contribution < -0.4 is 0 Å². The van der Waals surface area contributed by atoms with Crippen molar-refractivity contribution in [3.63, 3.8) is 0 Å². The summed E-state index contributed by atoms with van der Waals surface area (Å²) in [6.07, 6.45) is 0.643. The fraction of sp³-hybridized carbons (Fsp3) is 0.100. The Morgan fingerprint density at radius 2 is 2.06 bits per heavy atom. The predicted octanol–water partition coefficient (Wildman–Crippen LogP) is 3.03. The molecule has 0 unspecified atom stereocenters. The first-order valence-electron chi connectivity index (χ1n) is 4.19. The van der Waals surface area contributed by atoms with Crippen LogP contribution in [0.4, 0.5) is 13.2 Å². The number of imidazole rings is 1. The molecule has 0 aliphatic carbocycles. The maximum Gasteiger partial charge on any atom is 0.573 e. The fourth-order valence-corrected chi connectivity index (χ4v) is 0.897. The molecule has 0 aromatic carbocycles. The molecule has 0 amide bonds. The number of rotatable bonds is 4. The molecule has 0 saturated carbocycles. The number of nitrogens with one attached hydrogen (secondary N) is 1. The van der Waals surface area contributed by atoms with Gasteiger partial charge in [-0.05, 0) is 17.7 Å². The number of hydrogen-bond acceptors (Lipinski definition) is 2. The van der Waals surface area contributed by atoms with E-state index in [2.05, 4.69) is 27.9 Å². The highest BCUT2D eigenvalue weighted by molar-refractivity contribution is 5.69. The van der Waals surface area contributed by atoms with Gasteiger partial charge in [0, 0.05) is 0 Å². The van der Waals surface area contributed by atoms with Crippen molar-refractivity contribution in [3.05, 3.63) is 49.3 Å². The van der Waals surface area contributed by atoms with E-state index < -0.39 is 12.1 Å². The molecular formula is C10H9F3N2O. The van der Waals surface area contributed by atoms with Crippen LogP contribution in [-0.4, -0.2) is 16.3 Å². The van der Waals surface area contributed by atoms with E-state index in [9.17, 15) is 13.2 Å². The van der Waals surface area contributed by atoms with Crippen LogP contribution in [-0.2, 0) is 4.74 Å². The van der Waals surface area contributed by atoms with Crippen molar-refractivity contribution in [3.8, 4) is 0 Å². The van der Waals surface area contributed by atoms with Gasteiger partial charge in [-0.15, -0.1) is 13.2 Å². The Morgan fingerprint density at radius 3 is 2.56 bits per heavy atom. The number of alkyl halides is 3. The summed E-state index contributed by atoms with van der Waals surface area (Å²) < 4.78 is 38.8. The van der Waals surface area contributed by atoms with Crippen LogP contribution in [0.15, 0.2) is 43.6 Å². The number of allylic oxidation sites excluding steroid dienone is 3. The van der Waals surface area contributed by atoms with Gasteiger partial charge in [-0.1, -0.05) is 13.2 Å². The molecule has 1 rings (SSSR count). The van der Waals surface area contributed by atoms with Gasteiger partial charge in [-0.3, -0.25) is 0 Å². The maximum atomic E-state index is 11.7. The number of hydrogen-bond donors (Lipinski definition) is 1. The van der Waals surface area contributed by atoms with Crippen LogP contribution in [0.1, 0.15) is 5.69 Å². The number of ether oxygens (including phenoxy) is 1. The highest BCUT2D eigenvalue weighted by atomic mass is 19.4. The van der Waals surface area contributed by atoms with Crippen molar-refractivity contribution >= 4 is 5.57 Å². The summed E-state index contributed by atoms with van der Waals surface area (Å²) in [5, 5.41) is 0. The lowest BCUT2D eigenvalue weighted by Crippen LogP contribution is -2.11. The van der Waals surface area contributed by atoms with Crippen molar-refractivity contribution in [2.75, 3.05) is 0 Å². The van der Waals surface area contributed by atoms with Crippen LogP contribution in [0, 0.1) is 0 Å². The number of halogens is 3. The Labute approximate surface area is 90.0 Å². The van der Waals surface area contributed by atoms with Gasteiger partial charge < -0.3 is 9.72 Å². The number of aromatic nitrogens is 2. The highest BCUT2D eigenvalue weighted by Crippen LogP contribution is 2.21. The van der Waals surface area contributed by atoms with Crippen LogP contribution >= 0.6 is 0 Å². The lowest BCUT2D eigenvalue weighted by atomic mass is 10.2.